The molecule has 0 aliphatic rings. The lowest BCUT2D eigenvalue weighted by Gasteiger charge is -2.09. The predicted molar refractivity (Wildman–Crippen MR) is 101 cm³/mol. The van der Waals surface area contributed by atoms with Gasteiger partial charge in [-0.1, -0.05) is 29.8 Å². The molecule has 1 amide bonds. The molecule has 132 valence electrons. The summed E-state index contributed by atoms with van der Waals surface area (Å²) in [5.74, 6) is 0.214. The number of amides is 1. The molecule has 3 rings (SSSR count). The van der Waals surface area contributed by atoms with Crippen LogP contribution >= 0.6 is 0 Å². The van der Waals surface area contributed by atoms with Gasteiger partial charge in [-0.3, -0.25) is 9.78 Å². The van der Waals surface area contributed by atoms with Crippen molar-refractivity contribution >= 4 is 11.9 Å². The quantitative estimate of drug-likeness (QED) is 0.716. The van der Waals surface area contributed by atoms with E-state index in [1.807, 2.05) is 31.2 Å². The number of nitrogens with one attached hydrogen (secondary N) is 2. The SMILES string of the molecule is Cc1cccc(CNc2nc(C)cc(C(=O)NCc3ccncc3)n2)c1. The molecule has 0 fully saturated rings. The molecule has 0 bridgehead atoms. The van der Waals surface area contributed by atoms with Crippen LogP contribution in [0.5, 0.6) is 0 Å². The molecule has 0 radical (unpaired) electrons. The third-order valence-electron chi connectivity index (χ3n) is 3.82. The zero-order valence-corrected chi connectivity index (χ0v) is 14.9. The molecule has 6 nitrogen and oxygen atoms in total. The Hall–Kier alpha value is -3.28. The van der Waals surface area contributed by atoms with Gasteiger partial charge in [-0.05, 0) is 43.2 Å². The van der Waals surface area contributed by atoms with Crippen LogP contribution < -0.4 is 10.6 Å². The first-order valence-corrected chi connectivity index (χ1v) is 8.42. The Kier molecular flexibility index (Phi) is 5.53. The number of anilines is 1. The largest absolute Gasteiger partial charge is 0.350 e. The minimum atomic E-state index is -0.231. The van der Waals surface area contributed by atoms with Crippen molar-refractivity contribution < 1.29 is 4.79 Å². The summed E-state index contributed by atoms with van der Waals surface area (Å²) in [6, 6.07) is 13.6. The molecule has 0 unspecified atom stereocenters. The molecule has 0 aliphatic carbocycles. The summed E-state index contributed by atoms with van der Waals surface area (Å²) in [6.45, 7) is 4.93. The average molecular weight is 347 g/mol. The van der Waals surface area contributed by atoms with Gasteiger partial charge in [0.1, 0.15) is 5.69 Å². The lowest BCUT2D eigenvalue weighted by atomic mass is 10.1. The number of carbonyl (C=O) groups is 1. The maximum absolute atomic E-state index is 12.4. The number of aromatic nitrogens is 3. The summed E-state index contributed by atoms with van der Waals surface area (Å²) in [5.41, 5.74) is 4.40. The van der Waals surface area contributed by atoms with Gasteiger partial charge in [-0.2, -0.15) is 0 Å². The number of rotatable bonds is 6. The van der Waals surface area contributed by atoms with Gasteiger partial charge in [-0.25, -0.2) is 9.97 Å². The number of carbonyl (C=O) groups excluding carboxylic acids is 1. The lowest BCUT2D eigenvalue weighted by Crippen LogP contribution is -2.24. The highest BCUT2D eigenvalue weighted by Crippen LogP contribution is 2.09. The Morgan fingerprint density at radius 1 is 0.962 bits per heavy atom. The van der Waals surface area contributed by atoms with Crippen molar-refractivity contribution in [1.29, 1.82) is 0 Å². The molecular weight excluding hydrogens is 326 g/mol. The normalized spacial score (nSPS) is 10.4. The number of nitrogens with zero attached hydrogens (tertiary/aromatic N) is 3. The maximum Gasteiger partial charge on any atom is 0.270 e. The second kappa shape index (κ2) is 8.20. The smallest absolute Gasteiger partial charge is 0.270 e. The van der Waals surface area contributed by atoms with Crippen molar-refractivity contribution in [2.45, 2.75) is 26.9 Å². The maximum atomic E-state index is 12.4. The fraction of sp³-hybridized carbons (Fsp3) is 0.200. The minimum Gasteiger partial charge on any atom is -0.350 e. The standard InChI is InChI=1S/C20H21N5O/c1-14-4-3-5-17(10-14)13-23-20-24-15(2)11-18(25-20)19(26)22-12-16-6-8-21-9-7-16/h3-11H,12-13H2,1-2H3,(H,22,26)(H,23,24,25). The molecule has 0 saturated heterocycles. The van der Waals surface area contributed by atoms with E-state index in [-0.39, 0.29) is 5.91 Å². The number of aryl methyl sites for hydroxylation is 2. The predicted octanol–water partition coefficient (Wildman–Crippen LogP) is 3.03. The van der Waals surface area contributed by atoms with Gasteiger partial charge in [-0.15, -0.1) is 0 Å². The summed E-state index contributed by atoms with van der Waals surface area (Å²) in [5, 5.41) is 6.05. The summed E-state index contributed by atoms with van der Waals surface area (Å²) in [4.78, 5) is 25.1. The van der Waals surface area contributed by atoms with Crippen molar-refractivity contribution in [2.24, 2.45) is 0 Å². The van der Waals surface area contributed by atoms with E-state index in [9.17, 15) is 4.79 Å². The van der Waals surface area contributed by atoms with Crippen LogP contribution in [0, 0.1) is 13.8 Å². The van der Waals surface area contributed by atoms with E-state index in [4.69, 9.17) is 0 Å². The zero-order chi connectivity index (χ0) is 18.4. The number of hydrogen-bond donors (Lipinski definition) is 2. The molecule has 1 aromatic carbocycles. The Morgan fingerprint density at radius 2 is 1.77 bits per heavy atom. The van der Waals surface area contributed by atoms with Crippen LogP contribution in [0.3, 0.4) is 0 Å². The first-order chi connectivity index (χ1) is 12.6. The van der Waals surface area contributed by atoms with Crippen molar-refractivity contribution in [1.82, 2.24) is 20.3 Å². The van der Waals surface area contributed by atoms with Gasteiger partial charge in [0.05, 0.1) is 0 Å². The van der Waals surface area contributed by atoms with E-state index in [0.717, 1.165) is 16.8 Å². The second-order valence-corrected chi connectivity index (χ2v) is 6.10. The monoisotopic (exact) mass is 347 g/mol. The van der Waals surface area contributed by atoms with Crippen molar-refractivity contribution in [3.8, 4) is 0 Å². The fourth-order valence-corrected chi connectivity index (χ4v) is 2.54. The molecule has 2 N–H and O–H groups in total. The third-order valence-corrected chi connectivity index (χ3v) is 3.82. The summed E-state index contributed by atoms with van der Waals surface area (Å²) < 4.78 is 0. The summed E-state index contributed by atoms with van der Waals surface area (Å²) in [7, 11) is 0. The molecule has 3 aromatic rings. The third kappa shape index (κ3) is 4.86. The Bertz CT molecular complexity index is 896. The highest BCUT2D eigenvalue weighted by atomic mass is 16.1. The molecular formula is C20H21N5O. The highest BCUT2D eigenvalue weighted by Gasteiger charge is 2.10. The van der Waals surface area contributed by atoms with E-state index in [1.54, 1.807) is 18.5 Å². The molecule has 0 spiro atoms. The van der Waals surface area contributed by atoms with E-state index < -0.39 is 0 Å². The first kappa shape index (κ1) is 17.5. The topological polar surface area (TPSA) is 79.8 Å². The van der Waals surface area contributed by atoms with E-state index in [2.05, 4.69) is 44.6 Å². The van der Waals surface area contributed by atoms with Crippen molar-refractivity contribution in [3.63, 3.8) is 0 Å². The highest BCUT2D eigenvalue weighted by molar-refractivity contribution is 5.92. The average Bonchev–Trinajstić information content (AvgIpc) is 2.65. The molecule has 6 heteroatoms. The van der Waals surface area contributed by atoms with Crippen LogP contribution in [0.1, 0.15) is 32.9 Å². The van der Waals surface area contributed by atoms with Crippen molar-refractivity contribution in [2.75, 3.05) is 5.32 Å². The Balaban J connectivity index is 1.65. The molecule has 2 heterocycles. The number of benzene rings is 1. The molecule has 26 heavy (non-hydrogen) atoms. The second-order valence-electron chi connectivity index (χ2n) is 6.10. The van der Waals surface area contributed by atoms with Gasteiger partial charge in [0.2, 0.25) is 5.95 Å². The van der Waals surface area contributed by atoms with Crippen LogP contribution in [-0.4, -0.2) is 20.9 Å². The molecule has 0 aliphatic heterocycles. The minimum absolute atomic E-state index is 0.231. The molecule has 0 saturated carbocycles. The van der Waals surface area contributed by atoms with Gasteiger partial charge in [0.15, 0.2) is 0 Å². The zero-order valence-electron chi connectivity index (χ0n) is 14.9. The first-order valence-electron chi connectivity index (χ1n) is 8.42. The van der Waals surface area contributed by atoms with Crippen LogP contribution in [0.2, 0.25) is 0 Å². The number of pyridine rings is 1. The summed E-state index contributed by atoms with van der Waals surface area (Å²) in [6.07, 6.45) is 3.40. The van der Waals surface area contributed by atoms with Crippen LogP contribution in [-0.2, 0) is 13.1 Å². The van der Waals surface area contributed by atoms with Crippen LogP contribution in [0.15, 0.2) is 54.9 Å². The lowest BCUT2D eigenvalue weighted by molar-refractivity contribution is 0.0945. The van der Waals surface area contributed by atoms with E-state index >= 15 is 0 Å². The van der Waals surface area contributed by atoms with E-state index in [1.165, 1.54) is 5.56 Å². The van der Waals surface area contributed by atoms with Crippen LogP contribution in [0.25, 0.3) is 0 Å². The molecule has 0 atom stereocenters. The fourth-order valence-electron chi connectivity index (χ4n) is 2.54. The van der Waals surface area contributed by atoms with Gasteiger partial charge < -0.3 is 10.6 Å². The Morgan fingerprint density at radius 3 is 2.54 bits per heavy atom. The van der Waals surface area contributed by atoms with Gasteiger partial charge in [0, 0.05) is 31.2 Å². The molecule has 2 aromatic heterocycles. The summed E-state index contributed by atoms with van der Waals surface area (Å²) >= 11 is 0. The van der Waals surface area contributed by atoms with Gasteiger partial charge >= 0.3 is 0 Å². The van der Waals surface area contributed by atoms with Crippen LogP contribution in [0.4, 0.5) is 5.95 Å². The van der Waals surface area contributed by atoms with E-state index in [0.29, 0.717) is 24.7 Å². The van der Waals surface area contributed by atoms with Gasteiger partial charge in [0.25, 0.3) is 5.91 Å². The number of hydrogen-bond acceptors (Lipinski definition) is 5. The van der Waals surface area contributed by atoms with Crippen molar-refractivity contribution in [3.05, 3.63) is 82.9 Å². The Labute approximate surface area is 152 Å².